The molecule has 2 amide bonds. The van der Waals surface area contributed by atoms with Gasteiger partial charge in [-0.3, -0.25) is 14.5 Å². The van der Waals surface area contributed by atoms with Crippen LogP contribution in [0.15, 0.2) is 6.07 Å². The van der Waals surface area contributed by atoms with E-state index in [0.29, 0.717) is 6.54 Å². The third-order valence-electron chi connectivity index (χ3n) is 6.37. The van der Waals surface area contributed by atoms with Crippen LogP contribution < -0.4 is 0 Å². The Kier molecular flexibility index (Phi) is 13.5. The summed E-state index contributed by atoms with van der Waals surface area (Å²) in [5.41, 5.74) is 0.401. The lowest BCUT2D eigenvalue weighted by molar-refractivity contribution is 0.0651. The summed E-state index contributed by atoms with van der Waals surface area (Å²) >= 11 is 24.7. The summed E-state index contributed by atoms with van der Waals surface area (Å²) in [6.45, 7) is 2.63. The van der Waals surface area contributed by atoms with Crippen molar-refractivity contribution >= 4 is 58.2 Å². The molecule has 0 saturated carbocycles. The van der Waals surface area contributed by atoms with Crippen LogP contribution in [0.3, 0.4) is 0 Å². The zero-order valence-electron chi connectivity index (χ0n) is 19.7. The van der Waals surface area contributed by atoms with Crippen LogP contribution in [0.25, 0.3) is 0 Å². The minimum Gasteiger partial charge on any atom is -0.274 e. The predicted molar refractivity (Wildman–Crippen MR) is 141 cm³/mol. The Morgan fingerprint density at radius 1 is 0.727 bits per heavy atom. The van der Waals surface area contributed by atoms with E-state index in [4.69, 9.17) is 46.4 Å². The summed E-state index contributed by atoms with van der Waals surface area (Å²) in [5.74, 6) is -0.738. The molecule has 1 aliphatic heterocycles. The average molecular weight is 537 g/mol. The number of nitrogens with zero attached hydrogens (tertiary/aromatic N) is 1. The Hall–Kier alpha value is -0.480. The van der Waals surface area contributed by atoms with Crippen LogP contribution in [0.2, 0.25) is 15.1 Å². The molecule has 1 atom stereocenters. The summed E-state index contributed by atoms with van der Waals surface area (Å²) in [4.78, 5) is 26.5. The van der Waals surface area contributed by atoms with Crippen LogP contribution in [0, 0.1) is 0 Å². The maximum Gasteiger partial charge on any atom is 0.263 e. The van der Waals surface area contributed by atoms with Gasteiger partial charge in [-0.1, -0.05) is 119 Å². The van der Waals surface area contributed by atoms with Crippen molar-refractivity contribution in [2.24, 2.45) is 0 Å². The van der Waals surface area contributed by atoms with Crippen molar-refractivity contribution in [3.8, 4) is 0 Å². The number of amides is 2. The fraction of sp³-hybridized carbons (Fsp3) is 0.692. The smallest absolute Gasteiger partial charge is 0.263 e. The standard InChI is InChI=1S/C26H37Cl4NO2/c1-2-3-4-5-6-7-8-9-12-15-19(27)16-13-10-11-14-17-31-25(32)20-18-21(28)23(29)24(30)22(20)26(31)33/h18-19H,2-17H2,1H3. The molecule has 0 fully saturated rings. The Morgan fingerprint density at radius 2 is 1.24 bits per heavy atom. The highest BCUT2D eigenvalue weighted by Crippen LogP contribution is 2.39. The van der Waals surface area contributed by atoms with Gasteiger partial charge in [-0.15, -0.1) is 11.6 Å². The second kappa shape index (κ2) is 15.5. The molecule has 1 aliphatic rings. The number of alkyl halides is 1. The highest BCUT2D eigenvalue weighted by molar-refractivity contribution is 6.50. The third kappa shape index (κ3) is 8.91. The number of hydrogen-bond acceptors (Lipinski definition) is 2. The van der Waals surface area contributed by atoms with E-state index in [1.807, 2.05) is 0 Å². The van der Waals surface area contributed by atoms with Crippen molar-refractivity contribution in [3.63, 3.8) is 0 Å². The summed E-state index contributed by atoms with van der Waals surface area (Å²) < 4.78 is 0. The maximum atomic E-state index is 12.6. The van der Waals surface area contributed by atoms with Gasteiger partial charge in [0, 0.05) is 11.9 Å². The Balaban J connectivity index is 1.53. The van der Waals surface area contributed by atoms with Crippen molar-refractivity contribution in [2.45, 2.75) is 109 Å². The number of fused-ring (bicyclic) bond motifs is 1. The van der Waals surface area contributed by atoms with Crippen LogP contribution >= 0.6 is 46.4 Å². The molecule has 0 aliphatic carbocycles. The molecule has 1 unspecified atom stereocenters. The van der Waals surface area contributed by atoms with Gasteiger partial charge in [0.2, 0.25) is 0 Å². The van der Waals surface area contributed by atoms with Crippen molar-refractivity contribution in [1.82, 2.24) is 4.90 Å². The molecular weight excluding hydrogens is 500 g/mol. The second-order valence-electron chi connectivity index (χ2n) is 9.09. The molecule has 1 aromatic rings. The minimum atomic E-state index is -0.389. The molecule has 0 radical (unpaired) electrons. The highest BCUT2D eigenvalue weighted by Gasteiger charge is 2.38. The topological polar surface area (TPSA) is 37.4 Å². The summed E-state index contributed by atoms with van der Waals surface area (Å²) in [6.07, 6.45) is 18.0. The van der Waals surface area contributed by atoms with Gasteiger partial charge in [-0.25, -0.2) is 0 Å². The van der Waals surface area contributed by atoms with Gasteiger partial charge in [-0.2, -0.15) is 0 Å². The molecule has 0 aromatic heterocycles. The van der Waals surface area contributed by atoms with E-state index in [1.54, 1.807) is 0 Å². The van der Waals surface area contributed by atoms with Crippen molar-refractivity contribution < 1.29 is 9.59 Å². The Bertz CT molecular complexity index is 784. The van der Waals surface area contributed by atoms with Gasteiger partial charge < -0.3 is 0 Å². The van der Waals surface area contributed by atoms with Gasteiger partial charge in [0.1, 0.15) is 0 Å². The molecule has 33 heavy (non-hydrogen) atoms. The first-order chi connectivity index (χ1) is 15.9. The first kappa shape index (κ1) is 28.8. The van der Waals surface area contributed by atoms with Crippen LogP contribution in [0.4, 0.5) is 0 Å². The largest absolute Gasteiger partial charge is 0.274 e. The quantitative estimate of drug-likeness (QED) is 0.0859. The maximum absolute atomic E-state index is 12.6. The molecule has 0 spiro atoms. The number of carbonyl (C=O) groups excluding carboxylic acids is 2. The number of benzene rings is 1. The molecule has 0 saturated heterocycles. The Morgan fingerprint density at radius 3 is 1.82 bits per heavy atom. The first-order valence-electron chi connectivity index (χ1n) is 12.6. The van der Waals surface area contributed by atoms with E-state index < -0.39 is 0 Å². The van der Waals surface area contributed by atoms with Crippen LogP contribution in [0.5, 0.6) is 0 Å². The zero-order chi connectivity index (χ0) is 24.2. The number of carbonyl (C=O) groups is 2. The molecule has 1 heterocycles. The number of hydrogen-bond donors (Lipinski definition) is 0. The molecule has 186 valence electrons. The van der Waals surface area contributed by atoms with Crippen LogP contribution in [-0.2, 0) is 0 Å². The lowest BCUT2D eigenvalue weighted by atomic mass is 10.0. The zero-order valence-corrected chi connectivity index (χ0v) is 22.8. The number of rotatable bonds is 17. The summed E-state index contributed by atoms with van der Waals surface area (Å²) in [6, 6.07) is 1.43. The number of halogens is 4. The van der Waals surface area contributed by atoms with Gasteiger partial charge in [0.15, 0.2) is 0 Å². The lowest BCUT2D eigenvalue weighted by Crippen LogP contribution is -2.30. The number of unbranched alkanes of at least 4 members (excludes halogenated alkanes) is 11. The third-order valence-corrected chi connectivity index (χ3v) is 8.07. The van der Waals surface area contributed by atoms with Crippen molar-refractivity contribution in [1.29, 1.82) is 0 Å². The molecule has 0 N–H and O–H groups in total. The van der Waals surface area contributed by atoms with Gasteiger partial charge in [-0.05, 0) is 25.3 Å². The van der Waals surface area contributed by atoms with E-state index in [0.717, 1.165) is 38.5 Å². The predicted octanol–water partition coefficient (Wildman–Crippen LogP) is 9.72. The van der Waals surface area contributed by atoms with E-state index in [9.17, 15) is 9.59 Å². The highest BCUT2D eigenvalue weighted by atomic mass is 35.5. The van der Waals surface area contributed by atoms with E-state index in [-0.39, 0.29) is 43.4 Å². The monoisotopic (exact) mass is 535 g/mol. The molecule has 0 bridgehead atoms. The molecule has 7 heteroatoms. The first-order valence-corrected chi connectivity index (χ1v) is 14.1. The van der Waals surface area contributed by atoms with Gasteiger partial charge in [0.25, 0.3) is 11.8 Å². The SMILES string of the molecule is CCCCCCCCCCCC(Cl)CCCCCCN1C(=O)c2cc(Cl)c(Cl)c(Cl)c2C1=O. The number of imide groups is 1. The average Bonchev–Trinajstić information content (AvgIpc) is 3.02. The Labute approximate surface area is 219 Å². The van der Waals surface area contributed by atoms with Crippen LogP contribution in [0.1, 0.15) is 124 Å². The summed E-state index contributed by atoms with van der Waals surface area (Å²) in [7, 11) is 0. The van der Waals surface area contributed by atoms with Gasteiger partial charge in [0.05, 0.1) is 26.2 Å². The van der Waals surface area contributed by atoms with E-state index >= 15 is 0 Å². The van der Waals surface area contributed by atoms with E-state index in [2.05, 4.69) is 6.92 Å². The minimum absolute atomic E-state index is 0.0557. The molecular formula is C26H37Cl4NO2. The normalized spacial score (nSPS) is 14.3. The van der Waals surface area contributed by atoms with E-state index in [1.165, 1.54) is 68.8 Å². The lowest BCUT2D eigenvalue weighted by Gasteiger charge is -2.14. The van der Waals surface area contributed by atoms with Gasteiger partial charge >= 0.3 is 0 Å². The van der Waals surface area contributed by atoms with Crippen molar-refractivity contribution in [3.05, 3.63) is 32.3 Å². The fourth-order valence-electron chi connectivity index (χ4n) is 4.36. The van der Waals surface area contributed by atoms with Crippen molar-refractivity contribution in [2.75, 3.05) is 6.54 Å². The summed E-state index contributed by atoms with van der Waals surface area (Å²) in [5, 5.41) is 0.599. The van der Waals surface area contributed by atoms with Crippen LogP contribution in [-0.4, -0.2) is 28.6 Å². The molecule has 2 rings (SSSR count). The fourth-order valence-corrected chi connectivity index (χ4v) is 5.35. The molecule has 3 nitrogen and oxygen atoms in total. The molecule has 1 aromatic carbocycles. The second-order valence-corrected chi connectivity index (χ2v) is 10.9.